The molecule has 2 nitrogen and oxygen atoms in total. The van der Waals surface area contributed by atoms with Gasteiger partial charge in [0.2, 0.25) is 0 Å². The number of hydrogen-bond donors (Lipinski definition) is 0. The molecule has 0 unspecified atom stereocenters. The van der Waals surface area contributed by atoms with Crippen molar-refractivity contribution in [1.82, 2.24) is 9.80 Å². The molecular weight excluding hydrogens is 280 g/mol. The molecule has 1 aliphatic rings. The molecule has 1 aliphatic heterocycles. The Balaban J connectivity index is 1.74. The molecule has 0 aromatic heterocycles. The maximum Gasteiger partial charge on any atom is 0.142 e. The molecule has 0 spiro atoms. The molecule has 0 amide bonds. The topological polar surface area (TPSA) is 6.48 Å². The molecule has 0 fully saturated rings. The first kappa shape index (κ1) is 15.7. The Morgan fingerprint density at radius 3 is 1.39 bits per heavy atom. The predicted octanol–water partition coefficient (Wildman–Crippen LogP) is 5.50. The van der Waals surface area contributed by atoms with E-state index in [0.29, 0.717) is 12.1 Å². The summed E-state index contributed by atoms with van der Waals surface area (Å²) in [5.74, 6) is 0. The first-order valence-corrected chi connectivity index (χ1v) is 8.51. The van der Waals surface area contributed by atoms with Gasteiger partial charge in [-0.2, -0.15) is 0 Å². The van der Waals surface area contributed by atoms with Gasteiger partial charge >= 0.3 is 0 Å². The lowest BCUT2D eigenvalue weighted by Gasteiger charge is -2.32. The molecule has 0 saturated carbocycles. The van der Waals surface area contributed by atoms with E-state index in [0.717, 1.165) is 12.8 Å². The van der Waals surface area contributed by atoms with Crippen LogP contribution in [-0.2, 0) is 0 Å². The van der Waals surface area contributed by atoms with Gasteiger partial charge in [-0.1, -0.05) is 74.5 Å². The van der Waals surface area contributed by atoms with Crippen LogP contribution < -0.4 is 0 Å². The van der Waals surface area contributed by atoms with Crippen LogP contribution in [0.1, 0.15) is 49.9 Å². The molecule has 2 aromatic rings. The van der Waals surface area contributed by atoms with E-state index in [4.69, 9.17) is 0 Å². The average Bonchev–Trinajstić information content (AvgIpc) is 3.08. The van der Waals surface area contributed by atoms with E-state index in [2.05, 4.69) is 103 Å². The van der Waals surface area contributed by atoms with Crippen molar-refractivity contribution in [2.24, 2.45) is 0 Å². The van der Waals surface area contributed by atoms with Crippen LogP contribution in [-0.4, -0.2) is 9.80 Å². The SMILES string of the molecule is CC[C@@H](c1ccccc1)N1[CH]N([C@@H](CC)c2ccccc2)C=C1. The van der Waals surface area contributed by atoms with E-state index in [1.807, 2.05) is 0 Å². The first-order valence-electron chi connectivity index (χ1n) is 8.51. The van der Waals surface area contributed by atoms with Crippen molar-refractivity contribution in [2.45, 2.75) is 38.8 Å². The molecule has 0 N–H and O–H groups in total. The van der Waals surface area contributed by atoms with Gasteiger partial charge in [0.05, 0.1) is 12.1 Å². The molecule has 2 aromatic carbocycles. The largest absolute Gasteiger partial charge is 0.346 e. The lowest BCUT2D eigenvalue weighted by molar-refractivity contribution is 0.234. The predicted molar refractivity (Wildman–Crippen MR) is 96.1 cm³/mol. The Kier molecular flexibility index (Phi) is 5.02. The normalized spacial score (nSPS) is 16.6. The second kappa shape index (κ2) is 7.36. The first-order chi connectivity index (χ1) is 11.3. The maximum absolute atomic E-state index is 2.33. The van der Waals surface area contributed by atoms with E-state index in [9.17, 15) is 0 Å². The minimum atomic E-state index is 0.394. The van der Waals surface area contributed by atoms with Gasteiger partial charge in [0.15, 0.2) is 0 Å². The Morgan fingerprint density at radius 1 is 0.652 bits per heavy atom. The highest BCUT2D eigenvalue weighted by Gasteiger charge is 2.26. The van der Waals surface area contributed by atoms with Crippen LogP contribution >= 0.6 is 0 Å². The summed E-state index contributed by atoms with van der Waals surface area (Å²) in [5, 5.41) is 0. The number of benzene rings is 2. The monoisotopic (exact) mass is 305 g/mol. The minimum absolute atomic E-state index is 0.394. The fraction of sp³-hybridized carbons (Fsp3) is 0.286. The van der Waals surface area contributed by atoms with E-state index < -0.39 is 0 Å². The van der Waals surface area contributed by atoms with Gasteiger partial charge in [-0.15, -0.1) is 0 Å². The fourth-order valence-corrected chi connectivity index (χ4v) is 3.34. The third-order valence-electron chi connectivity index (χ3n) is 4.54. The van der Waals surface area contributed by atoms with Crippen LogP contribution in [0.25, 0.3) is 0 Å². The third-order valence-corrected chi connectivity index (χ3v) is 4.54. The van der Waals surface area contributed by atoms with Gasteiger partial charge in [0.25, 0.3) is 0 Å². The second-order valence-electron chi connectivity index (χ2n) is 5.98. The zero-order valence-electron chi connectivity index (χ0n) is 14.0. The summed E-state index contributed by atoms with van der Waals surface area (Å²) >= 11 is 0. The highest BCUT2D eigenvalue weighted by Crippen LogP contribution is 2.34. The van der Waals surface area contributed by atoms with Crippen molar-refractivity contribution in [3.63, 3.8) is 0 Å². The molecule has 3 rings (SSSR count). The van der Waals surface area contributed by atoms with Crippen molar-refractivity contribution in [3.05, 3.63) is 90.9 Å². The molecule has 0 saturated heterocycles. The quantitative estimate of drug-likeness (QED) is 0.695. The Bertz CT molecular complexity index is 565. The molecule has 2 heteroatoms. The van der Waals surface area contributed by atoms with Gasteiger partial charge in [-0.05, 0) is 24.0 Å². The van der Waals surface area contributed by atoms with Gasteiger partial charge in [-0.3, -0.25) is 0 Å². The van der Waals surface area contributed by atoms with Crippen LogP contribution in [0.3, 0.4) is 0 Å². The number of nitrogens with zero attached hydrogens (tertiary/aromatic N) is 2. The van der Waals surface area contributed by atoms with Crippen molar-refractivity contribution in [2.75, 3.05) is 0 Å². The lowest BCUT2D eigenvalue weighted by atomic mass is 10.0. The molecule has 0 bridgehead atoms. The van der Waals surface area contributed by atoms with Crippen molar-refractivity contribution >= 4 is 0 Å². The van der Waals surface area contributed by atoms with Crippen LogP contribution in [0, 0.1) is 6.67 Å². The summed E-state index contributed by atoms with van der Waals surface area (Å²) in [6.45, 7) is 6.75. The molecular formula is C21H25N2. The molecule has 23 heavy (non-hydrogen) atoms. The maximum atomic E-state index is 2.33. The number of rotatable bonds is 6. The van der Waals surface area contributed by atoms with E-state index in [1.165, 1.54) is 11.1 Å². The summed E-state index contributed by atoms with van der Waals surface area (Å²) in [5.41, 5.74) is 2.73. The Labute approximate surface area is 140 Å². The van der Waals surface area contributed by atoms with Crippen LogP contribution in [0.4, 0.5) is 0 Å². The highest BCUT2D eigenvalue weighted by atomic mass is 15.4. The van der Waals surface area contributed by atoms with Gasteiger partial charge in [0.1, 0.15) is 6.67 Å². The fourth-order valence-electron chi connectivity index (χ4n) is 3.34. The third kappa shape index (κ3) is 3.42. The molecule has 1 radical (unpaired) electrons. The molecule has 119 valence electrons. The second-order valence-corrected chi connectivity index (χ2v) is 5.98. The van der Waals surface area contributed by atoms with Crippen LogP contribution in [0.5, 0.6) is 0 Å². The highest BCUT2D eigenvalue weighted by molar-refractivity contribution is 5.23. The summed E-state index contributed by atoms with van der Waals surface area (Å²) in [6, 6.07) is 22.3. The van der Waals surface area contributed by atoms with E-state index >= 15 is 0 Å². The summed E-state index contributed by atoms with van der Waals surface area (Å²) in [6.07, 6.45) is 6.57. The molecule has 0 aliphatic carbocycles. The van der Waals surface area contributed by atoms with Gasteiger partial charge in [-0.25, -0.2) is 0 Å². The Morgan fingerprint density at radius 2 is 1.04 bits per heavy atom. The van der Waals surface area contributed by atoms with Crippen molar-refractivity contribution in [1.29, 1.82) is 0 Å². The zero-order chi connectivity index (χ0) is 16.1. The summed E-state index contributed by atoms with van der Waals surface area (Å²) < 4.78 is 0. The van der Waals surface area contributed by atoms with Crippen molar-refractivity contribution < 1.29 is 0 Å². The van der Waals surface area contributed by atoms with Crippen molar-refractivity contribution in [3.8, 4) is 0 Å². The summed E-state index contributed by atoms with van der Waals surface area (Å²) in [7, 11) is 0. The zero-order valence-corrected chi connectivity index (χ0v) is 14.0. The number of hydrogen-bond acceptors (Lipinski definition) is 2. The van der Waals surface area contributed by atoms with Gasteiger partial charge < -0.3 is 9.80 Å². The standard InChI is InChI=1S/C21H25N2/c1-3-20(18-11-7-5-8-12-18)22-15-16-23(17-22)21(4-2)19-13-9-6-10-14-19/h5-17,20-21H,3-4H2,1-2H3/t20-,21-/m0/s1. The van der Waals surface area contributed by atoms with Gasteiger partial charge in [0, 0.05) is 12.4 Å². The smallest absolute Gasteiger partial charge is 0.142 e. The Hall–Kier alpha value is -2.22. The van der Waals surface area contributed by atoms with Crippen LogP contribution in [0.2, 0.25) is 0 Å². The summed E-state index contributed by atoms with van der Waals surface area (Å²) in [4.78, 5) is 4.67. The van der Waals surface area contributed by atoms with Crippen LogP contribution in [0.15, 0.2) is 73.1 Å². The van der Waals surface area contributed by atoms with E-state index in [1.54, 1.807) is 0 Å². The average molecular weight is 305 g/mol. The lowest BCUT2D eigenvalue weighted by Crippen LogP contribution is -2.26. The molecule has 2 atom stereocenters. The minimum Gasteiger partial charge on any atom is -0.346 e. The van der Waals surface area contributed by atoms with E-state index in [-0.39, 0.29) is 0 Å². The molecule has 1 heterocycles.